The first-order chi connectivity index (χ1) is 10.2. The highest BCUT2D eigenvalue weighted by atomic mass is 35.5. The third-order valence-corrected chi connectivity index (χ3v) is 3.85. The average Bonchev–Trinajstić information content (AvgIpc) is 2.90. The van der Waals surface area contributed by atoms with Crippen molar-refractivity contribution < 1.29 is 4.79 Å². The zero-order valence-electron chi connectivity index (χ0n) is 11.6. The zero-order valence-corrected chi connectivity index (χ0v) is 12.3. The molecule has 1 aliphatic heterocycles. The van der Waals surface area contributed by atoms with Gasteiger partial charge in [-0.15, -0.1) is 0 Å². The van der Waals surface area contributed by atoms with Gasteiger partial charge >= 0.3 is 0 Å². The van der Waals surface area contributed by atoms with E-state index >= 15 is 0 Å². The van der Waals surface area contributed by atoms with Gasteiger partial charge in [-0.2, -0.15) is 0 Å². The van der Waals surface area contributed by atoms with Crippen molar-refractivity contribution in [1.82, 2.24) is 14.9 Å². The van der Waals surface area contributed by atoms with Crippen LogP contribution in [0.4, 0.5) is 5.69 Å². The van der Waals surface area contributed by atoms with Gasteiger partial charge in [0.2, 0.25) is 0 Å². The van der Waals surface area contributed by atoms with Gasteiger partial charge in [0.05, 0.1) is 22.7 Å². The highest BCUT2D eigenvalue weighted by molar-refractivity contribution is 6.33. The van der Waals surface area contributed by atoms with Gasteiger partial charge in [-0.25, -0.2) is 4.98 Å². The molecule has 1 fully saturated rings. The van der Waals surface area contributed by atoms with Crippen LogP contribution in [0.15, 0.2) is 48.1 Å². The minimum absolute atomic E-state index is 0.102. The van der Waals surface area contributed by atoms with Crippen molar-refractivity contribution >= 4 is 23.2 Å². The van der Waals surface area contributed by atoms with Crippen molar-refractivity contribution in [3.63, 3.8) is 0 Å². The molecule has 2 N–H and O–H groups in total. The van der Waals surface area contributed by atoms with Gasteiger partial charge in [0.25, 0.3) is 5.91 Å². The Hall–Kier alpha value is -2.11. The Morgan fingerprint density at radius 3 is 2.86 bits per heavy atom. The summed E-state index contributed by atoms with van der Waals surface area (Å²) in [5, 5.41) is 6.62. The fourth-order valence-corrected chi connectivity index (χ4v) is 2.43. The third kappa shape index (κ3) is 2.70. The van der Waals surface area contributed by atoms with E-state index < -0.39 is 0 Å². The molecule has 21 heavy (non-hydrogen) atoms. The lowest BCUT2D eigenvalue weighted by atomic mass is 10.0. The van der Waals surface area contributed by atoms with Crippen LogP contribution in [0.25, 0.3) is 5.69 Å². The molecule has 0 aliphatic carbocycles. The van der Waals surface area contributed by atoms with E-state index in [9.17, 15) is 4.79 Å². The first-order valence-electron chi connectivity index (χ1n) is 6.64. The van der Waals surface area contributed by atoms with Gasteiger partial charge in [0, 0.05) is 31.1 Å². The molecule has 0 radical (unpaired) electrons. The summed E-state index contributed by atoms with van der Waals surface area (Å²) >= 11 is 6.26. The molecule has 0 saturated carbocycles. The van der Waals surface area contributed by atoms with E-state index in [0.29, 0.717) is 10.7 Å². The van der Waals surface area contributed by atoms with Gasteiger partial charge in [-0.1, -0.05) is 17.7 Å². The number of benzene rings is 1. The van der Waals surface area contributed by atoms with E-state index in [1.807, 2.05) is 19.1 Å². The van der Waals surface area contributed by atoms with Crippen LogP contribution >= 0.6 is 11.6 Å². The summed E-state index contributed by atoms with van der Waals surface area (Å²) in [5.74, 6) is -0.102. The summed E-state index contributed by atoms with van der Waals surface area (Å²) in [6.45, 7) is 3.40. The van der Waals surface area contributed by atoms with Crippen LogP contribution in [-0.4, -0.2) is 28.5 Å². The molecule has 0 atom stereocenters. The number of carbonyl (C=O) groups excluding carboxylic acids is 1. The second-order valence-electron chi connectivity index (χ2n) is 4.89. The number of aromatic nitrogens is 2. The Morgan fingerprint density at radius 2 is 2.24 bits per heavy atom. The summed E-state index contributed by atoms with van der Waals surface area (Å²) in [4.78, 5) is 16.3. The number of rotatable bonds is 3. The molecule has 108 valence electrons. The molecule has 0 bridgehead atoms. The normalized spacial score (nSPS) is 13.7. The van der Waals surface area contributed by atoms with E-state index in [0.717, 1.165) is 29.9 Å². The second-order valence-corrected chi connectivity index (χ2v) is 5.30. The van der Waals surface area contributed by atoms with E-state index in [1.54, 1.807) is 29.4 Å². The molecule has 1 amide bonds. The molecule has 1 aromatic heterocycles. The summed E-state index contributed by atoms with van der Waals surface area (Å²) in [7, 11) is 0. The number of carbonyl (C=O) groups is 1. The fraction of sp³-hybridized carbons (Fsp3) is 0.200. The van der Waals surface area contributed by atoms with E-state index in [2.05, 4.69) is 15.6 Å². The molecule has 3 rings (SSSR count). The van der Waals surface area contributed by atoms with Crippen molar-refractivity contribution in [2.75, 3.05) is 18.4 Å². The van der Waals surface area contributed by atoms with Crippen LogP contribution in [-0.2, 0) is 4.79 Å². The number of nitrogens with zero attached hydrogens (tertiary/aromatic N) is 2. The number of nitrogens with one attached hydrogen (secondary N) is 2. The molecule has 0 spiro atoms. The molecule has 2 heterocycles. The van der Waals surface area contributed by atoms with Crippen molar-refractivity contribution in [3.8, 4) is 5.69 Å². The molecule has 6 heteroatoms. The van der Waals surface area contributed by atoms with Crippen molar-refractivity contribution in [3.05, 3.63) is 53.1 Å². The maximum atomic E-state index is 12.3. The van der Waals surface area contributed by atoms with Gasteiger partial charge < -0.3 is 15.2 Å². The van der Waals surface area contributed by atoms with Crippen molar-refractivity contribution in [2.45, 2.75) is 6.92 Å². The standard InChI is InChI=1S/C15H15ClN4O/c1-10(11-7-18-8-11)15(21)19-13-4-2-3-12(16)14(13)20-6-5-17-9-20/h2-6,9,18H,7-8H2,1H3,(H,19,21). The lowest BCUT2D eigenvalue weighted by Gasteiger charge is -2.22. The number of halogens is 1. The largest absolute Gasteiger partial charge is 0.320 e. The molecule has 0 unspecified atom stereocenters. The summed E-state index contributed by atoms with van der Waals surface area (Å²) in [5.41, 5.74) is 3.27. The SMILES string of the molecule is CC(C(=O)Nc1cccc(Cl)c1-n1ccnc1)=C1CNC1. The van der Waals surface area contributed by atoms with Gasteiger partial charge in [0.1, 0.15) is 0 Å². The predicted molar refractivity (Wildman–Crippen MR) is 82.8 cm³/mol. The van der Waals surface area contributed by atoms with Gasteiger partial charge in [0.15, 0.2) is 0 Å². The number of anilines is 1. The van der Waals surface area contributed by atoms with Crippen LogP contribution in [0.2, 0.25) is 5.02 Å². The quantitative estimate of drug-likeness (QED) is 0.856. The lowest BCUT2D eigenvalue weighted by Crippen LogP contribution is -2.36. The maximum Gasteiger partial charge on any atom is 0.251 e. The molecular formula is C15H15ClN4O. The maximum absolute atomic E-state index is 12.3. The summed E-state index contributed by atoms with van der Waals surface area (Å²) < 4.78 is 1.78. The van der Waals surface area contributed by atoms with E-state index in [-0.39, 0.29) is 5.91 Å². The first-order valence-corrected chi connectivity index (χ1v) is 7.02. The second kappa shape index (κ2) is 5.71. The highest BCUT2D eigenvalue weighted by Gasteiger charge is 2.18. The molecular weight excluding hydrogens is 288 g/mol. The van der Waals surface area contributed by atoms with Gasteiger partial charge in [-0.3, -0.25) is 4.79 Å². The molecule has 5 nitrogen and oxygen atoms in total. The molecule has 2 aromatic rings. The number of imidazole rings is 1. The lowest BCUT2D eigenvalue weighted by molar-refractivity contribution is -0.112. The average molecular weight is 303 g/mol. The fourth-order valence-electron chi connectivity index (χ4n) is 2.16. The van der Waals surface area contributed by atoms with Gasteiger partial charge in [-0.05, 0) is 24.6 Å². The topological polar surface area (TPSA) is 59.0 Å². The minimum atomic E-state index is -0.102. The summed E-state index contributed by atoms with van der Waals surface area (Å²) in [6, 6.07) is 5.43. The molecule has 1 saturated heterocycles. The van der Waals surface area contributed by atoms with Crippen LogP contribution in [0.3, 0.4) is 0 Å². The predicted octanol–water partition coefficient (Wildman–Crippen LogP) is 2.38. The Bertz CT molecular complexity index is 700. The minimum Gasteiger partial charge on any atom is -0.320 e. The van der Waals surface area contributed by atoms with E-state index in [4.69, 9.17) is 11.6 Å². The Balaban J connectivity index is 1.93. The van der Waals surface area contributed by atoms with Crippen LogP contribution < -0.4 is 10.6 Å². The Kier molecular flexibility index (Phi) is 3.77. The Labute approximate surface area is 127 Å². The Morgan fingerprint density at radius 1 is 1.43 bits per heavy atom. The first kappa shape index (κ1) is 13.9. The number of amides is 1. The number of para-hydroxylation sites is 1. The van der Waals surface area contributed by atoms with E-state index in [1.165, 1.54) is 0 Å². The number of hydrogen-bond acceptors (Lipinski definition) is 3. The highest BCUT2D eigenvalue weighted by Crippen LogP contribution is 2.28. The summed E-state index contributed by atoms with van der Waals surface area (Å²) in [6.07, 6.45) is 5.11. The van der Waals surface area contributed by atoms with Crippen LogP contribution in [0.5, 0.6) is 0 Å². The molecule has 1 aromatic carbocycles. The number of hydrogen-bond donors (Lipinski definition) is 2. The monoisotopic (exact) mass is 302 g/mol. The van der Waals surface area contributed by atoms with Crippen molar-refractivity contribution in [2.24, 2.45) is 0 Å². The van der Waals surface area contributed by atoms with Crippen molar-refractivity contribution in [1.29, 1.82) is 0 Å². The van der Waals surface area contributed by atoms with Crippen LogP contribution in [0, 0.1) is 0 Å². The van der Waals surface area contributed by atoms with Crippen LogP contribution in [0.1, 0.15) is 6.92 Å². The smallest absolute Gasteiger partial charge is 0.251 e. The third-order valence-electron chi connectivity index (χ3n) is 3.55. The zero-order chi connectivity index (χ0) is 14.8. The molecule has 1 aliphatic rings.